The summed E-state index contributed by atoms with van der Waals surface area (Å²) in [6.07, 6.45) is 8.33. The molecule has 0 aromatic rings. The molecular weight excluding hydrogens is 196 g/mol. The Morgan fingerprint density at radius 2 is 2.06 bits per heavy atom. The molecule has 94 valence electrons. The van der Waals surface area contributed by atoms with Crippen molar-refractivity contribution in [3.05, 3.63) is 0 Å². The average molecular weight is 224 g/mol. The third-order valence-electron chi connectivity index (χ3n) is 4.54. The van der Waals surface area contributed by atoms with Crippen LogP contribution >= 0.6 is 0 Å². The first-order valence-electron chi connectivity index (χ1n) is 7.18. The number of hydrogen-bond donors (Lipinski definition) is 1. The lowest BCUT2D eigenvalue weighted by molar-refractivity contribution is 0.0783. The Morgan fingerprint density at radius 1 is 1.25 bits per heavy atom. The fourth-order valence-corrected chi connectivity index (χ4v) is 3.15. The van der Waals surface area contributed by atoms with Gasteiger partial charge in [0.1, 0.15) is 0 Å². The molecule has 2 nitrogen and oxygen atoms in total. The van der Waals surface area contributed by atoms with E-state index < -0.39 is 0 Å². The molecule has 0 aromatic carbocycles. The largest absolute Gasteiger partial charge is 0.314 e. The van der Waals surface area contributed by atoms with Crippen LogP contribution in [0.15, 0.2) is 0 Å². The maximum absolute atomic E-state index is 3.66. The Hall–Kier alpha value is -0.0800. The Kier molecular flexibility index (Phi) is 4.26. The Bertz CT molecular complexity index is 211. The molecule has 2 heteroatoms. The lowest BCUT2D eigenvalue weighted by Gasteiger charge is -2.43. The highest BCUT2D eigenvalue weighted by Gasteiger charge is 2.33. The van der Waals surface area contributed by atoms with E-state index in [2.05, 4.69) is 24.1 Å². The van der Waals surface area contributed by atoms with Crippen LogP contribution in [0.1, 0.15) is 52.4 Å². The minimum atomic E-state index is 0.661. The molecule has 1 unspecified atom stereocenters. The predicted molar refractivity (Wildman–Crippen MR) is 69.7 cm³/mol. The molecule has 16 heavy (non-hydrogen) atoms. The minimum absolute atomic E-state index is 0.661. The van der Waals surface area contributed by atoms with E-state index in [1.54, 1.807) is 0 Å². The summed E-state index contributed by atoms with van der Waals surface area (Å²) in [6.45, 7) is 9.96. The van der Waals surface area contributed by atoms with Gasteiger partial charge in [-0.1, -0.05) is 20.3 Å². The van der Waals surface area contributed by atoms with Crippen molar-refractivity contribution in [3.8, 4) is 0 Å². The summed E-state index contributed by atoms with van der Waals surface area (Å²) >= 11 is 0. The lowest BCUT2D eigenvalue weighted by Crippen LogP contribution is -2.45. The number of nitrogens with one attached hydrogen (secondary N) is 1. The molecule has 0 bridgehead atoms. The number of rotatable bonds is 3. The van der Waals surface area contributed by atoms with E-state index >= 15 is 0 Å². The third-order valence-corrected chi connectivity index (χ3v) is 4.54. The van der Waals surface area contributed by atoms with Crippen LogP contribution in [0.25, 0.3) is 0 Å². The minimum Gasteiger partial charge on any atom is -0.314 e. The molecule has 1 atom stereocenters. The number of nitrogens with zero attached hydrogens (tertiary/aromatic N) is 1. The fourth-order valence-electron chi connectivity index (χ4n) is 3.15. The van der Waals surface area contributed by atoms with Crippen molar-refractivity contribution in [2.24, 2.45) is 5.41 Å². The highest BCUT2D eigenvalue weighted by Crippen LogP contribution is 2.40. The zero-order valence-corrected chi connectivity index (χ0v) is 11.1. The summed E-state index contributed by atoms with van der Waals surface area (Å²) in [4.78, 5) is 2.72. The van der Waals surface area contributed by atoms with Gasteiger partial charge < -0.3 is 10.2 Å². The first kappa shape index (κ1) is 12.4. The molecule has 1 saturated carbocycles. The maximum Gasteiger partial charge on any atom is 0.00766 e. The van der Waals surface area contributed by atoms with E-state index in [1.807, 2.05) is 0 Å². The van der Waals surface area contributed by atoms with Gasteiger partial charge in [0, 0.05) is 12.6 Å². The van der Waals surface area contributed by atoms with Gasteiger partial charge in [-0.3, -0.25) is 0 Å². The van der Waals surface area contributed by atoms with Crippen molar-refractivity contribution in [1.82, 2.24) is 10.2 Å². The van der Waals surface area contributed by atoms with E-state index in [1.165, 1.54) is 64.7 Å². The van der Waals surface area contributed by atoms with Gasteiger partial charge in [0.2, 0.25) is 0 Å². The highest BCUT2D eigenvalue weighted by molar-refractivity contribution is 4.87. The molecule has 0 radical (unpaired) electrons. The van der Waals surface area contributed by atoms with E-state index in [9.17, 15) is 0 Å². The van der Waals surface area contributed by atoms with Crippen molar-refractivity contribution < 1.29 is 0 Å². The second kappa shape index (κ2) is 5.50. The van der Waals surface area contributed by atoms with E-state index in [-0.39, 0.29) is 0 Å². The zero-order valence-electron chi connectivity index (χ0n) is 11.1. The van der Waals surface area contributed by atoms with E-state index in [0.717, 1.165) is 6.04 Å². The molecule has 1 heterocycles. The predicted octanol–water partition coefficient (Wildman–Crippen LogP) is 2.64. The van der Waals surface area contributed by atoms with Crippen molar-refractivity contribution in [2.75, 3.05) is 26.2 Å². The Balaban J connectivity index is 1.79. The van der Waals surface area contributed by atoms with Crippen molar-refractivity contribution in [2.45, 2.75) is 58.4 Å². The van der Waals surface area contributed by atoms with Crippen LogP contribution in [0.3, 0.4) is 0 Å². The van der Waals surface area contributed by atoms with E-state index in [4.69, 9.17) is 0 Å². The van der Waals surface area contributed by atoms with Gasteiger partial charge in [0.15, 0.2) is 0 Å². The van der Waals surface area contributed by atoms with Gasteiger partial charge in [-0.25, -0.2) is 0 Å². The highest BCUT2D eigenvalue weighted by atomic mass is 15.1. The summed E-state index contributed by atoms with van der Waals surface area (Å²) in [5.74, 6) is 0. The number of hydrogen-bond acceptors (Lipinski definition) is 2. The summed E-state index contributed by atoms with van der Waals surface area (Å²) in [6, 6.07) is 0.761. The van der Waals surface area contributed by atoms with Gasteiger partial charge in [-0.05, 0) is 57.2 Å². The molecule has 2 fully saturated rings. The van der Waals surface area contributed by atoms with Gasteiger partial charge >= 0.3 is 0 Å². The van der Waals surface area contributed by atoms with Gasteiger partial charge in [-0.15, -0.1) is 0 Å². The summed E-state index contributed by atoms with van der Waals surface area (Å²) < 4.78 is 0. The monoisotopic (exact) mass is 224 g/mol. The Morgan fingerprint density at radius 3 is 2.69 bits per heavy atom. The third kappa shape index (κ3) is 3.21. The fraction of sp³-hybridized carbons (Fsp3) is 1.00. The van der Waals surface area contributed by atoms with E-state index in [0.29, 0.717) is 5.41 Å². The topological polar surface area (TPSA) is 15.3 Å². The SMILES string of the molecule is CCC1CCN(CC2(C)CCC2)CCCN1. The second-order valence-corrected chi connectivity index (χ2v) is 6.14. The molecule has 0 spiro atoms. The van der Waals surface area contributed by atoms with Gasteiger partial charge in [0.05, 0.1) is 0 Å². The first-order valence-corrected chi connectivity index (χ1v) is 7.18. The first-order chi connectivity index (χ1) is 7.72. The molecule has 1 aliphatic carbocycles. The van der Waals surface area contributed by atoms with Crippen LogP contribution in [0.4, 0.5) is 0 Å². The quantitative estimate of drug-likeness (QED) is 0.793. The summed E-state index contributed by atoms with van der Waals surface area (Å²) in [7, 11) is 0. The molecular formula is C14H28N2. The lowest BCUT2D eigenvalue weighted by atomic mass is 9.70. The summed E-state index contributed by atoms with van der Waals surface area (Å²) in [5.41, 5.74) is 0.661. The van der Waals surface area contributed by atoms with Crippen molar-refractivity contribution in [1.29, 1.82) is 0 Å². The molecule has 1 aliphatic heterocycles. The standard InChI is InChI=1S/C14H28N2/c1-3-13-6-11-16(10-5-9-15-13)12-14(2)7-4-8-14/h13,15H,3-12H2,1-2H3. The molecule has 1 N–H and O–H groups in total. The summed E-state index contributed by atoms with van der Waals surface area (Å²) in [5, 5.41) is 3.66. The molecule has 0 amide bonds. The van der Waals surface area contributed by atoms with Gasteiger partial charge in [0.25, 0.3) is 0 Å². The van der Waals surface area contributed by atoms with Crippen LogP contribution < -0.4 is 5.32 Å². The molecule has 2 aliphatic rings. The maximum atomic E-state index is 3.66. The normalized spacial score (nSPS) is 31.5. The van der Waals surface area contributed by atoms with Crippen molar-refractivity contribution >= 4 is 0 Å². The smallest absolute Gasteiger partial charge is 0.00766 e. The van der Waals surface area contributed by atoms with Crippen molar-refractivity contribution in [3.63, 3.8) is 0 Å². The second-order valence-electron chi connectivity index (χ2n) is 6.14. The Labute approximate surface area is 101 Å². The van der Waals surface area contributed by atoms with Gasteiger partial charge in [-0.2, -0.15) is 0 Å². The van der Waals surface area contributed by atoms with Crippen LogP contribution in [-0.2, 0) is 0 Å². The molecule has 0 aromatic heterocycles. The molecule has 1 saturated heterocycles. The van der Waals surface area contributed by atoms with Crippen LogP contribution in [0, 0.1) is 5.41 Å². The zero-order chi connectivity index (χ0) is 11.4. The molecule has 2 rings (SSSR count). The van der Waals surface area contributed by atoms with Crippen LogP contribution in [0.5, 0.6) is 0 Å². The van der Waals surface area contributed by atoms with Crippen LogP contribution in [0.2, 0.25) is 0 Å². The average Bonchev–Trinajstić information content (AvgIpc) is 2.20. The van der Waals surface area contributed by atoms with Crippen LogP contribution in [-0.4, -0.2) is 37.1 Å².